The fraction of sp³-hybridized carbons (Fsp3) is 0.178. The van der Waals surface area contributed by atoms with Gasteiger partial charge in [0.25, 0.3) is 0 Å². The highest BCUT2D eigenvalue weighted by Crippen LogP contribution is 2.41. The van der Waals surface area contributed by atoms with E-state index in [-0.39, 0.29) is 5.54 Å². The van der Waals surface area contributed by atoms with Gasteiger partial charge in [-0.2, -0.15) is 4.57 Å². The molecule has 1 aliphatic heterocycles. The first kappa shape index (κ1) is 32.6. The van der Waals surface area contributed by atoms with Gasteiger partial charge in [0.15, 0.2) is 11.7 Å². The zero-order valence-electron chi connectivity index (χ0n) is 29.5. The van der Waals surface area contributed by atoms with Crippen molar-refractivity contribution in [3.05, 3.63) is 157 Å². The summed E-state index contributed by atoms with van der Waals surface area (Å²) in [5.41, 5.74) is 12.4. The van der Waals surface area contributed by atoms with E-state index in [2.05, 4.69) is 187 Å². The number of rotatable bonds is 9. The summed E-state index contributed by atoms with van der Waals surface area (Å²) in [5, 5.41) is 10.3. The van der Waals surface area contributed by atoms with Crippen molar-refractivity contribution < 1.29 is 4.57 Å². The summed E-state index contributed by atoms with van der Waals surface area (Å²) in [6, 6.07) is 45.4. The number of benzene rings is 4. The third-order valence-electron chi connectivity index (χ3n) is 10.5. The number of pyridine rings is 1. The zero-order chi connectivity index (χ0) is 35.0. The highest BCUT2D eigenvalue weighted by molar-refractivity contribution is 7.15. The minimum atomic E-state index is 0.149. The van der Waals surface area contributed by atoms with Gasteiger partial charge in [0.05, 0.1) is 11.8 Å². The Morgan fingerprint density at radius 1 is 0.784 bits per heavy atom. The van der Waals surface area contributed by atoms with Gasteiger partial charge in [-0.25, -0.2) is 4.68 Å². The molecule has 3 aromatic heterocycles. The van der Waals surface area contributed by atoms with Gasteiger partial charge in [-0.3, -0.25) is 0 Å². The Balaban J connectivity index is 1.12. The van der Waals surface area contributed by atoms with E-state index < -0.39 is 0 Å². The van der Waals surface area contributed by atoms with Crippen LogP contribution in [-0.4, -0.2) is 15.0 Å². The summed E-state index contributed by atoms with van der Waals surface area (Å²) in [7, 11) is 0. The summed E-state index contributed by atoms with van der Waals surface area (Å²) in [5.74, 6) is 0. The Morgan fingerprint density at radius 3 is 2.27 bits per heavy atom. The average molecular weight is 685 g/mol. The first-order valence-electron chi connectivity index (χ1n) is 17.9. The summed E-state index contributed by atoms with van der Waals surface area (Å²) in [6.07, 6.45) is 8.76. The minimum Gasteiger partial charge on any atom is -0.310 e. The molecule has 0 saturated carbocycles. The molecule has 0 fully saturated rings. The van der Waals surface area contributed by atoms with E-state index in [1.807, 2.05) is 16.0 Å². The van der Waals surface area contributed by atoms with E-state index >= 15 is 0 Å². The van der Waals surface area contributed by atoms with Crippen LogP contribution < -0.4 is 9.47 Å². The Kier molecular flexibility index (Phi) is 8.70. The predicted octanol–water partition coefficient (Wildman–Crippen LogP) is 11.6. The standard InChI is InChI=1S/C45H42N5S/c1-5-45(6-2)26-25-43-40(42-20-10-11-27-48(42)45)30-44(51-43)49-31-41(46-47-49)34-21-23-37(24-22-34)50(38-18-12-16-35(28-38)32(3)4)39-19-13-17-36(29-39)33-14-8-7-9-15-33/h7-24,27-31H,3,5-6,25-26H2,1-2,4H3/q+1. The summed E-state index contributed by atoms with van der Waals surface area (Å²) in [4.78, 5) is 3.72. The van der Waals surface area contributed by atoms with Crippen LogP contribution >= 0.6 is 11.3 Å². The van der Waals surface area contributed by atoms with Crippen LogP contribution in [0.5, 0.6) is 0 Å². The topological polar surface area (TPSA) is 37.8 Å². The first-order valence-corrected chi connectivity index (χ1v) is 18.7. The minimum absolute atomic E-state index is 0.149. The van der Waals surface area contributed by atoms with E-state index in [1.165, 1.54) is 27.3 Å². The molecule has 8 rings (SSSR count). The molecule has 0 unspecified atom stereocenters. The molecule has 5 nitrogen and oxygen atoms in total. The lowest BCUT2D eigenvalue weighted by molar-refractivity contribution is -0.757. The fourth-order valence-corrected chi connectivity index (χ4v) is 8.60. The molecule has 0 aliphatic carbocycles. The van der Waals surface area contributed by atoms with Crippen LogP contribution in [-0.2, 0) is 12.0 Å². The van der Waals surface area contributed by atoms with Crippen LogP contribution in [0.4, 0.5) is 17.1 Å². The lowest BCUT2D eigenvalue weighted by Gasteiger charge is -2.26. The second kappa shape index (κ2) is 13.6. The summed E-state index contributed by atoms with van der Waals surface area (Å²) < 4.78 is 4.47. The van der Waals surface area contributed by atoms with Crippen LogP contribution in [0.2, 0.25) is 0 Å². The van der Waals surface area contributed by atoms with Gasteiger partial charge in [-0.1, -0.05) is 97.9 Å². The number of fused-ring (bicyclic) bond motifs is 3. The van der Waals surface area contributed by atoms with E-state index in [0.717, 1.165) is 70.1 Å². The van der Waals surface area contributed by atoms with E-state index in [0.29, 0.717) is 0 Å². The van der Waals surface area contributed by atoms with Crippen molar-refractivity contribution in [1.29, 1.82) is 0 Å². The smallest absolute Gasteiger partial charge is 0.214 e. The molecular formula is C45H42N5S+. The highest BCUT2D eigenvalue weighted by Gasteiger charge is 2.41. The van der Waals surface area contributed by atoms with Crippen molar-refractivity contribution in [2.24, 2.45) is 0 Å². The Bertz CT molecular complexity index is 2330. The maximum atomic E-state index is 4.64. The molecule has 51 heavy (non-hydrogen) atoms. The molecule has 0 atom stereocenters. The second-order valence-corrected chi connectivity index (χ2v) is 14.6. The van der Waals surface area contributed by atoms with Crippen molar-refractivity contribution in [1.82, 2.24) is 15.0 Å². The van der Waals surface area contributed by atoms with Crippen molar-refractivity contribution in [2.75, 3.05) is 4.90 Å². The maximum absolute atomic E-state index is 4.64. The monoisotopic (exact) mass is 684 g/mol. The van der Waals surface area contributed by atoms with Gasteiger partial charge in [-0.05, 0) is 78.6 Å². The Morgan fingerprint density at radius 2 is 1.51 bits per heavy atom. The number of anilines is 3. The van der Waals surface area contributed by atoms with Crippen LogP contribution in [0.3, 0.4) is 0 Å². The molecule has 0 amide bonds. The van der Waals surface area contributed by atoms with Crippen LogP contribution in [0.1, 0.15) is 50.5 Å². The average Bonchev–Trinajstić information content (AvgIpc) is 3.83. The van der Waals surface area contributed by atoms with Crippen molar-refractivity contribution in [2.45, 2.75) is 52.0 Å². The lowest BCUT2D eigenvalue weighted by atomic mass is 9.87. The molecule has 6 heteroatoms. The molecule has 0 radical (unpaired) electrons. The molecule has 0 bridgehead atoms. The number of nitrogens with zero attached hydrogens (tertiary/aromatic N) is 5. The quantitative estimate of drug-likeness (QED) is 0.142. The number of aryl methyl sites for hydroxylation is 1. The molecule has 0 spiro atoms. The van der Waals surface area contributed by atoms with Gasteiger partial charge in [0.1, 0.15) is 10.7 Å². The van der Waals surface area contributed by atoms with Gasteiger partial charge >= 0.3 is 0 Å². The largest absolute Gasteiger partial charge is 0.310 e. The molecule has 4 heterocycles. The number of aromatic nitrogens is 4. The van der Waals surface area contributed by atoms with E-state index in [1.54, 1.807) is 0 Å². The first-order chi connectivity index (χ1) is 25.0. The van der Waals surface area contributed by atoms with Crippen molar-refractivity contribution in [3.8, 4) is 38.6 Å². The maximum Gasteiger partial charge on any atom is 0.214 e. The van der Waals surface area contributed by atoms with Crippen molar-refractivity contribution >= 4 is 34.0 Å². The molecule has 4 aromatic carbocycles. The number of thiophene rings is 1. The molecule has 7 aromatic rings. The fourth-order valence-electron chi connectivity index (χ4n) is 7.52. The highest BCUT2D eigenvalue weighted by atomic mass is 32.1. The number of hydrogen-bond donors (Lipinski definition) is 0. The van der Waals surface area contributed by atoms with Crippen LogP contribution in [0.25, 0.3) is 44.2 Å². The van der Waals surface area contributed by atoms with Gasteiger partial charge in [0.2, 0.25) is 5.69 Å². The molecule has 0 saturated heterocycles. The van der Waals surface area contributed by atoms with Crippen LogP contribution in [0, 0.1) is 0 Å². The summed E-state index contributed by atoms with van der Waals surface area (Å²) >= 11 is 1.83. The Labute approximate surface area is 304 Å². The van der Waals surface area contributed by atoms with E-state index in [9.17, 15) is 0 Å². The van der Waals surface area contributed by atoms with Crippen molar-refractivity contribution in [3.63, 3.8) is 0 Å². The molecular weight excluding hydrogens is 643 g/mol. The SMILES string of the molecule is C=C(C)c1cccc(N(c2ccc(-c3cn(-c4cc5c(s4)CCC(CC)(CC)[n+]4ccccc4-5)nn3)cc2)c2cccc(-c3ccccc3)c2)c1. The van der Waals surface area contributed by atoms with E-state index in [4.69, 9.17) is 0 Å². The van der Waals surface area contributed by atoms with Gasteiger partial charge in [-0.15, -0.1) is 16.4 Å². The zero-order valence-corrected chi connectivity index (χ0v) is 30.3. The van der Waals surface area contributed by atoms with Gasteiger partial charge < -0.3 is 4.90 Å². The third-order valence-corrected chi connectivity index (χ3v) is 11.7. The lowest BCUT2D eigenvalue weighted by Crippen LogP contribution is -2.56. The second-order valence-electron chi connectivity index (χ2n) is 13.5. The molecule has 252 valence electrons. The Hall–Kier alpha value is -5.59. The predicted molar refractivity (Wildman–Crippen MR) is 212 cm³/mol. The summed E-state index contributed by atoms with van der Waals surface area (Å²) in [6.45, 7) is 10.9. The molecule has 1 aliphatic rings. The van der Waals surface area contributed by atoms with Gasteiger partial charge in [0, 0.05) is 58.9 Å². The van der Waals surface area contributed by atoms with Crippen LogP contribution in [0.15, 0.2) is 146 Å². The number of hydrogen-bond acceptors (Lipinski definition) is 4. The molecule has 0 N–H and O–H groups in total. The third kappa shape index (κ3) is 6.10. The number of allylic oxidation sites excluding steroid dienone is 1. The normalized spacial score (nSPS) is 13.2.